The molecule has 0 saturated heterocycles. The van der Waals surface area contributed by atoms with E-state index in [1.807, 2.05) is 30.5 Å². The molecule has 0 atom stereocenters. The zero-order valence-corrected chi connectivity index (χ0v) is 14.1. The highest BCUT2D eigenvalue weighted by Gasteiger charge is 2.17. The maximum Gasteiger partial charge on any atom is 0.251 e. The van der Waals surface area contributed by atoms with Crippen LogP contribution in [0.25, 0.3) is 0 Å². The third-order valence-corrected chi connectivity index (χ3v) is 4.31. The molecule has 2 heterocycles. The molecule has 126 valence electrons. The normalized spacial score (nSPS) is 14.2. The van der Waals surface area contributed by atoms with Crippen molar-refractivity contribution in [2.45, 2.75) is 26.4 Å². The van der Waals surface area contributed by atoms with E-state index in [1.54, 1.807) is 0 Å². The third-order valence-electron chi connectivity index (χ3n) is 4.31. The Kier molecular flexibility index (Phi) is 5.23. The maximum absolute atomic E-state index is 11.9. The zero-order chi connectivity index (χ0) is 16.9. The van der Waals surface area contributed by atoms with Crippen LogP contribution in [0.1, 0.15) is 32.7 Å². The van der Waals surface area contributed by atoms with E-state index < -0.39 is 0 Å². The summed E-state index contributed by atoms with van der Waals surface area (Å²) in [5.74, 6) is -0.0690. The van der Waals surface area contributed by atoms with Crippen LogP contribution < -0.4 is 11.1 Å². The van der Waals surface area contributed by atoms with Gasteiger partial charge in [-0.1, -0.05) is 18.2 Å². The Hall–Kier alpha value is -2.24. The smallest absolute Gasteiger partial charge is 0.251 e. The summed E-state index contributed by atoms with van der Waals surface area (Å²) in [5.41, 5.74) is 11.1. The largest absolute Gasteiger partial charge is 0.351 e. The molecule has 1 aliphatic heterocycles. The molecule has 1 aromatic heterocycles. The van der Waals surface area contributed by atoms with Crippen LogP contribution in [-0.2, 0) is 19.5 Å². The van der Waals surface area contributed by atoms with Crippen molar-refractivity contribution < 1.29 is 4.79 Å². The lowest BCUT2D eigenvalue weighted by Gasteiger charge is -2.28. The van der Waals surface area contributed by atoms with Gasteiger partial charge in [0.2, 0.25) is 0 Å². The van der Waals surface area contributed by atoms with Crippen molar-refractivity contribution in [2.75, 3.05) is 19.6 Å². The number of hydrogen-bond donors (Lipinski definition) is 2. The first-order chi connectivity index (χ1) is 11.7. The molecule has 1 aromatic carbocycles. The molecule has 5 heteroatoms. The van der Waals surface area contributed by atoms with Gasteiger partial charge in [-0.25, -0.2) is 0 Å². The number of benzene rings is 1. The molecule has 1 aliphatic rings. The van der Waals surface area contributed by atoms with E-state index in [1.165, 1.54) is 22.4 Å². The highest BCUT2D eigenvalue weighted by atomic mass is 16.1. The summed E-state index contributed by atoms with van der Waals surface area (Å²) in [5, 5.41) is 2.78. The van der Waals surface area contributed by atoms with Gasteiger partial charge in [0.25, 0.3) is 5.91 Å². The second-order valence-corrected chi connectivity index (χ2v) is 6.32. The fourth-order valence-electron chi connectivity index (χ4n) is 3.05. The zero-order valence-electron chi connectivity index (χ0n) is 14.1. The van der Waals surface area contributed by atoms with Gasteiger partial charge in [0.15, 0.2) is 0 Å². The van der Waals surface area contributed by atoms with Gasteiger partial charge in [0.05, 0.1) is 0 Å². The molecule has 0 fully saturated rings. The second kappa shape index (κ2) is 7.55. The number of aromatic nitrogens is 1. The van der Waals surface area contributed by atoms with Gasteiger partial charge < -0.3 is 11.1 Å². The van der Waals surface area contributed by atoms with Gasteiger partial charge in [-0.15, -0.1) is 0 Å². The van der Waals surface area contributed by atoms with E-state index in [9.17, 15) is 4.79 Å². The highest BCUT2D eigenvalue weighted by Crippen LogP contribution is 2.20. The molecule has 5 nitrogen and oxygen atoms in total. The van der Waals surface area contributed by atoms with E-state index in [0.29, 0.717) is 18.7 Å². The number of nitrogens with zero attached hydrogens (tertiary/aromatic N) is 2. The van der Waals surface area contributed by atoms with E-state index in [0.717, 1.165) is 26.1 Å². The van der Waals surface area contributed by atoms with Crippen LogP contribution in [0.4, 0.5) is 0 Å². The van der Waals surface area contributed by atoms with Crippen molar-refractivity contribution in [3.05, 3.63) is 64.5 Å². The van der Waals surface area contributed by atoms with Gasteiger partial charge in [-0.05, 0) is 35.7 Å². The molecule has 0 radical (unpaired) electrons. The number of pyridine rings is 1. The van der Waals surface area contributed by atoms with E-state index in [4.69, 9.17) is 5.73 Å². The van der Waals surface area contributed by atoms with E-state index in [2.05, 4.69) is 28.2 Å². The molecule has 0 spiro atoms. The first-order valence-electron chi connectivity index (χ1n) is 8.39. The number of hydrogen-bond acceptors (Lipinski definition) is 4. The summed E-state index contributed by atoms with van der Waals surface area (Å²) in [4.78, 5) is 18.8. The van der Waals surface area contributed by atoms with Crippen LogP contribution in [0.5, 0.6) is 0 Å². The Morgan fingerprint density at radius 1 is 1.33 bits per heavy atom. The average Bonchev–Trinajstić information content (AvgIpc) is 2.60. The lowest BCUT2D eigenvalue weighted by molar-refractivity contribution is 0.0954. The Bertz CT molecular complexity index is 712. The molecule has 0 bridgehead atoms. The van der Waals surface area contributed by atoms with Gasteiger partial charge in [-0.3, -0.25) is 14.7 Å². The number of carbonyl (C=O) groups excluding carboxylic acids is 1. The summed E-state index contributed by atoms with van der Waals surface area (Å²) in [7, 11) is 0. The van der Waals surface area contributed by atoms with Crippen molar-refractivity contribution in [3.8, 4) is 0 Å². The molecule has 2 aromatic rings. The topological polar surface area (TPSA) is 71.2 Å². The van der Waals surface area contributed by atoms with Gasteiger partial charge in [-0.2, -0.15) is 0 Å². The number of rotatable bonds is 5. The molecule has 0 aliphatic carbocycles. The highest BCUT2D eigenvalue weighted by molar-refractivity contribution is 5.94. The summed E-state index contributed by atoms with van der Waals surface area (Å²) in [6, 6.07) is 10.1. The number of fused-ring (bicyclic) bond motifs is 1. The molecule has 1 amide bonds. The Balaban J connectivity index is 1.61. The molecular weight excluding hydrogens is 300 g/mol. The molecule has 3 N–H and O–H groups in total. The minimum atomic E-state index is -0.0690. The predicted octanol–water partition coefficient (Wildman–Crippen LogP) is 1.64. The van der Waals surface area contributed by atoms with Crippen molar-refractivity contribution in [1.82, 2.24) is 15.2 Å². The Morgan fingerprint density at radius 2 is 2.12 bits per heavy atom. The van der Waals surface area contributed by atoms with Crippen LogP contribution in [0.15, 0.2) is 36.5 Å². The van der Waals surface area contributed by atoms with E-state index >= 15 is 0 Å². The van der Waals surface area contributed by atoms with Crippen LogP contribution >= 0.6 is 0 Å². The summed E-state index contributed by atoms with van der Waals surface area (Å²) in [6.45, 7) is 5.87. The monoisotopic (exact) mass is 324 g/mol. The standard InChI is InChI=1S/C19H24N4O/c1-14-10-17-13-23(9-6-18(17)22-11-14)12-15-2-4-16(5-3-15)19(24)21-8-7-20/h2-5,10-11H,6-9,12-13,20H2,1H3,(H,21,24). The number of aryl methyl sites for hydroxylation is 1. The molecule has 3 rings (SSSR count). The first-order valence-corrected chi connectivity index (χ1v) is 8.39. The lowest BCUT2D eigenvalue weighted by atomic mass is 10.0. The minimum absolute atomic E-state index is 0.0690. The number of amides is 1. The third kappa shape index (κ3) is 3.99. The Morgan fingerprint density at radius 3 is 2.88 bits per heavy atom. The SMILES string of the molecule is Cc1cnc2c(c1)CN(Cc1ccc(C(=O)NCCN)cc1)CC2. The summed E-state index contributed by atoms with van der Waals surface area (Å²) >= 11 is 0. The second-order valence-electron chi connectivity index (χ2n) is 6.32. The van der Waals surface area contributed by atoms with E-state index in [-0.39, 0.29) is 5.91 Å². The first kappa shape index (κ1) is 16.6. The predicted molar refractivity (Wildman–Crippen MR) is 94.6 cm³/mol. The van der Waals surface area contributed by atoms with Crippen LogP contribution in [-0.4, -0.2) is 35.4 Å². The molecule has 24 heavy (non-hydrogen) atoms. The number of nitrogens with two attached hydrogens (primary N) is 1. The fourth-order valence-corrected chi connectivity index (χ4v) is 3.05. The summed E-state index contributed by atoms with van der Waals surface area (Å²) in [6.07, 6.45) is 2.94. The minimum Gasteiger partial charge on any atom is -0.351 e. The van der Waals surface area contributed by atoms with Crippen LogP contribution in [0.3, 0.4) is 0 Å². The number of carbonyl (C=O) groups is 1. The van der Waals surface area contributed by atoms with Gasteiger partial charge in [0.1, 0.15) is 0 Å². The van der Waals surface area contributed by atoms with Crippen LogP contribution in [0, 0.1) is 6.92 Å². The van der Waals surface area contributed by atoms with Gasteiger partial charge in [0, 0.05) is 56.6 Å². The molecule has 0 unspecified atom stereocenters. The average molecular weight is 324 g/mol. The number of nitrogens with one attached hydrogen (secondary N) is 1. The fraction of sp³-hybridized carbons (Fsp3) is 0.368. The molecule has 0 saturated carbocycles. The van der Waals surface area contributed by atoms with Crippen molar-refractivity contribution in [3.63, 3.8) is 0 Å². The quantitative estimate of drug-likeness (QED) is 0.877. The Labute approximate surface area is 142 Å². The lowest BCUT2D eigenvalue weighted by Crippen LogP contribution is -2.31. The van der Waals surface area contributed by atoms with Crippen molar-refractivity contribution in [1.29, 1.82) is 0 Å². The van der Waals surface area contributed by atoms with Crippen LogP contribution in [0.2, 0.25) is 0 Å². The van der Waals surface area contributed by atoms with Gasteiger partial charge >= 0.3 is 0 Å². The summed E-state index contributed by atoms with van der Waals surface area (Å²) < 4.78 is 0. The maximum atomic E-state index is 11.9. The van der Waals surface area contributed by atoms with Crippen molar-refractivity contribution >= 4 is 5.91 Å². The molecular formula is C19H24N4O. The van der Waals surface area contributed by atoms with Crippen molar-refractivity contribution in [2.24, 2.45) is 5.73 Å².